The Balaban J connectivity index is 1.82. The van der Waals surface area contributed by atoms with Crippen molar-refractivity contribution in [1.29, 1.82) is 0 Å². The molecule has 1 aliphatic carbocycles. The van der Waals surface area contributed by atoms with Gasteiger partial charge in [-0.05, 0) is 49.1 Å². The lowest BCUT2D eigenvalue weighted by molar-refractivity contribution is 0.0951. The number of hydrogen-bond acceptors (Lipinski definition) is 3. The predicted octanol–water partition coefficient (Wildman–Crippen LogP) is 2.65. The SMILES string of the molecule is CN(c1ccccc1)S(=O)(=O)c1cccc(C(=O)NCC2CC2)c1. The summed E-state index contributed by atoms with van der Waals surface area (Å²) in [6, 6.07) is 15.0. The number of anilines is 1. The molecule has 0 saturated heterocycles. The monoisotopic (exact) mass is 344 g/mol. The molecule has 0 heterocycles. The van der Waals surface area contributed by atoms with Crippen LogP contribution in [-0.4, -0.2) is 27.9 Å². The van der Waals surface area contributed by atoms with Crippen LogP contribution in [0.2, 0.25) is 0 Å². The molecule has 1 N–H and O–H groups in total. The molecule has 6 heteroatoms. The Morgan fingerprint density at radius 1 is 1.12 bits per heavy atom. The van der Waals surface area contributed by atoms with Crippen LogP contribution in [0.4, 0.5) is 5.69 Å². The first-order valence-corrected chi connectivity index (χ1v) is 9.35. The maximum absolute atomic E-state index is 12.8. The van der Waals surface area contributed by atoms with Crippen molar-refractivity contribution < 1.29 is 13.2 Å². The molecule has 3 rings (SSSR count). The average Bonchev–Trinajstić information content (AvgIpc) is 3.44. The second-order valence-corrected chi connectivity index (χ2v) is 7.96. The van der Waals surface area contributed by atoms with Crippen LogP contribution in [0.5, 0.6) is 0 Å². The number of para-hydroxylation sites is 1. The van der Waals surface area contributed by atoms with Crippen molar-refractivity contribution in [3.05, 3.63) is 60.2 Å². The Hall–Kier alpha value is -2.34. The first-order valence-electron chi connectivity index (χ1n) is 7.91. The van der Waals surface area contributed by atoms with Gasteiger partial charge in [0.05, 0.1) is 10.6 Å². The Labute approximate surface area is 142 Å². The highest BCUT2D eigenvalue weighted by atomic mass is 32.2. The first-order chi connectivity index (χ1) is 11.5. The van der Waals surface area contributed by atoms with E-state index in [-0.39, 0.29) is 10.8 Å². The fourth-order valence-corrected chi connectivity index (χ4v) is 3.64. The van der Waals surface area contributed by atoms with Crippen molar-refractivity contribution in [2.24, 2.45) is 5.92 Å². The molecule has 0 aliphatic heterocycles. The third-order valence-electron chi connectivity index (χ3n) is 4.12. The van der Waals surface area contributed by atoms with E-state index in [9.17, 15) is 13.2 Å². The van der Waals surface area contributed by atoms with Gasteiger partial charge in [-0.3, -0.25) is 9.10 Å². The Bertz CT molecular complexity index is 830. The van der Waals surface area contributed by atoms with Crippen LogP contribution < -0.4 is 9.62 Å². The van der Waals surface area contributed by atoms with E-state index < -0.39 is 10.0 Å². The molecule has 1 aliphatic rings. The normalized spacial score (nSPS) is 14.2. The summed E-state index contributed by atoms with van der Waals surface area (Å²) in [6.07, 6.45) is 2.30. The number of nitrogens with zero attached hydrogens (tertiary/aromatic N) is 1. The minimum absolute atomic E-state index is 0.105. The van der Waals surface area contributed by atoms with E-state index in [0.29, 0.717) is 23.7 Å². The lowest BCUT2D eigenvalue weighted by Gasteiger charge is -2.19. The smallest absolute Gasteiger partial charge is 0.264 e. The largest absolute Gasteiger partial charge is 0.352 e. The number of amides is 1. The van der Waals surface area contributed by atoms with E-state index in [0.717, 1.165) is 12.8 Å². The van der Waals surface area contributed by atoms with E-state index >= 15 is 0 Å². The molecular weight excluding hydrogens is 324 g/mol. The van der Waals surface area contributed by atoms with Gasteiger partial charge in [-0.1, -0.05) is 24.3 Å². The van der Waals surface area contributed by atoms with Crippen molar-refractivity contribution in [1.82, 2.24) is 5.32 Å². The summed E-state index contributed by atoms with van der Waals surface area (Å²) in [5, 5.41) is 2.85. The summed E-state index contributed by atoms with van der Waals surface area (Å²) in [7, 11) is -2.21. The molecule has 0 atom stereocenters. The molecule has 1 amide bonds. The fourth-order valence-electron chi connectivity index (χ4n) is 2.39. The van der Waals surface area contributed by atoms with E-state index in [2.05, 4.69) is 5.32 Å². The highest BCUT2D eigenvalue weighted by molar-refractivity contribution is 7.92. The Morgan fingerprint density at radius 3 is 2.50 bits per heavy atom. The van der Waals surface area contributed by atoms with Crippen LogP contribution >= 0.6 is 0 Å². The van der Waals surface area contributed by atoms with E-state index in [4.69, 9.17) is 0 Å². The van der Waals surface area contributed by atoms with E-state index in [1.807, 2.05) is 6.07 Å². The number of carbonyl (C=O) groups is 1. The van der Waals surface area contributed by atoms with Gasteiger partial charge in [0.2, 0.25) is 0 Å². The summed E-state index contributed by atoms with van der Waals surface area (Å²) in [5.41, 5.74) is 0.930. The van der Waals surface area contributed by atoms with E-state index in [1.54, 1.807) is 36.4 Å². The zero-order chi connectivity index (χ0) is 17.2. The molecule has 0 aromatic heterocycles. The van der Waals surface area contributed by atoms with Gasteiger partial charge in [0.15, 0.2) is 0 Å². The summed E-state index contributed by atoms with van der Waals surface area (Å²) in [5.74, 6) is 0.339. The maximum Gasteiger partial charge on any atom is 0.264 e. The Kier molecular flexibility index (Phi) is 4.57. The zero-order valence-corrected chi connectivity index (χ0v) is 14.3. The lowest BCUT2D eigenvalue weighted by atomic mass is 10.2. The van der Waals surface area contributed by atoms with Crippen LogP contribution in [0.3, 0.4) is 0 Å². The second-order valence-electron chi connectivity index (χ2n) is 5.99. The van der Waals surface area contributed by atoms with Crippen LogP contribution in [0, 0.1) is 5.92 Å². The molecule has 0 radical (unpaired) electrons. The summed E-state index contributed by atoms with van der Waals surface area (Å²) in [4.78, 5) is 12.3. The van der Waals surface area contributed by atoms with Crippen LogP contribution in [-0.2, 0) is 10.0 Å². The first kappa shape index (κ1) is 16.5. The van der Waals surface area contributed by atoms with Gasteiger partial charge in [0, 0.05) is 19.2 Å². The summed E-state index contributed by atoms with van der Waals surface area (Å²) < 4.78 is 26.8. The van der Waals surface area contributed by atoms with Gasteiger partial charge in [-0.2, -0.15) is 0 Å². The zero-order valence-electron chi connectivity index (χ0n) is 13.5. The average molecular weight is 344 g/mol. The standard InChI is InChI=1S/C18H20N2O3S/c1-20(16-7-3-2-4-8-16)24(22,23)17-9-5-6-15(12-17)18(21)19-13-14-10-11-14/h2-9,12,14H,10-11,13H2,1H3,(H,19,21). The topological polar surface area (TPSA) is 66.5 Å². The minimum Gasteiger partial charge on any atom is -0.352 e. The number of carbonyl (C=O) groups excluding carboxylic acids is 1. The van der Waals surface area contributed by atoms with Gasteiger partial charge in [-0.15, -0.1) is 0 Å². The van der Waals surface area contributed by atoms with Crippen LogP contribution in [0.1, 0.15) is 23.2 Å². The summed E-state index contributed by atoms with van der Waals surface area (Å²) >= 11 is 0. The van der Waals surface area contributed by atoms with Gasteiger partial charge >= 0.3 is 0 Å². The third kappa shape index (κ3) is 3.59. The predicted molar refractivity (Wildman–Crippen MR) is 93.5 cm³/mol. The molecule has 2 aromatic carbocycles. The number of hydrogen-bond donors (Lipinski definition) is 1. The number of nitrogens with one attached hydrogen (secondary N) is 1. The van der Waals surface area contributed by atoms with Gasteiger partial charge < -0.3 is 5.32 Å². The van der Waals surface area contributed by atoms with Crippen molar-refractivity contribution in [3.8, 4) is 0 Å². The molecule has 126 valence electrons. The Morgan fingerprint density at radius 2 is 1.83 bits per heavy atom. The van der Waals surface area contributed by atoms with Crippen molar-refractivity contribution in [2.75, 3.05) is 17.9 Å². The van der Waals surface area contributed by atoms with E-state index in [1.165, 1.54) is 23.5 Å². The minimum atomic E-state index is -3.71. The highest BCUT2D eigenvalue weighted by Gasteiger charge is 2.24. The van der Waals surface area contributed by atoms with Crippen molar-refractivity contribution in [3.63, 3.8) is 0 Å². The molecule has 24 heavy (non-hydrogen) atoms. The molecule has 1 fully saturated rings. The van der Waals surface area contributed by atoms with Gasteiger partial charge in [-0.25, -0.2) is 8.42 Å². The molecular formula is C18H20N2O3S. The molecule has 0 spiro atoms. The fraction of sp³-hybridized carbons (Fsp3) is 0.278. The van der Waals surface area contributed by atoms with Crippen molar-refractivity contribution >= 4 is 21.6 Å². The highest BCUT2D eigenvalue weighted by Crippen LogP contribution is 2.27. The van der Waals surface area contributed by atoms with Gasteiger partial charge in [0.1, 0.15) is 0 Å². The second kappa shape index (κ2) is 6.65. The number of rotatable bonds is 6. The molecule has 0 bridgehead atoms. The molecule has 0 unspecified atom stereocenters. The maximum atomic E-state index is 12.8. The number of sulfonamides is 1. The van der Waals surface area contributed by atoms with Gasteiger partial charge in [0.25, 0.3) is 15.9 Å². The molecule has 1 saturated carbocycles. The molecule has 2 aromatic rings. The van der Waals surface area contributed by atoms with Crippen LogP contribution in [0.25, 0.3) is 0 Å². The molecule has 5 nitrogen and oxygen atoms in total. The van der Waals surface area contributed by atoms with Crippen LogP contribution in [0.15, 0.2) is 59.5 Å². The van der Waals surface area contributed by atoms with Crippen molar-refractivity contribution in [2.45, 2.75) is 17.7 Å². The number of benzene rings is 2. The lowest BCUT2D eigenvalue weighted by Crippen LogP contribution is -2.28. The quantitative estimate of drug-likeness (QED) is 0.876. The summed E-state index contributed by atoms with van der Waals surface area (Å²) in [6.45, 7) is 0.653. The third-order valence-corrected chi connectivity index (χ3v) is 5.90.